The average Bonchev–Trinajstić information content (AvgIpc) is 2.39. The second-order valence-electron chi connectivity index (χ2n) is 5.84. The predicted octanol–water partition coefficient (Wildman–Crippen LogP) is 5.80. The van der Waals surface area contributed by atoms with Crippen molar-refractivity contribution < 1.29 is 9.90 Å². The van der Waals surface area contributed by atoms with Crippen LogP contribution in [0.15, 0.2) is 0 Å². The third kappa shape index (κ3) is 13.7. The Labute approximate surface area is 120 Å². The van der Waals surface area contributed by atoms with Crippen LogP contribution < -0.4 is 0 Å². The maximum Gasteiger partial charge on any atom is 0.303 e. The van der Waals surface area contributed by atoms with E-state index in [0.29, 0.717) is 12.3 Å². The highest BCUT2D eigenvalue weighted by Gasteiger charge is 2.10. The first-order valence-electron chi connectivity index (χ1n) is 8.42. The average molecular weight is 270 g/mol. The Morgan fingerprint density at radius 3 is 1.74 bits per heavy atom. The molecule has 1 N–H and O–H groups in total. The summed E-state index contributed by atoms with van der Waals surface area (Å²) < 4.78 is 0. The van der Waals surface area contributed by atoms with Gasteiger partial charge in [-0.05, 0) is 12.3 Å². The quantitative estimate of drug-likeness (QED) is 0.405. The molecule has 0 saturated heterocycles. The number of unbranched alkanes of at least 4 members (excludes halogenated alkanes) is 9. The zero-order chi connectivity index (χ0) is 14.3. The fourth-order valence-corrected chi connectivity index (χ4v) is 2.62. The monoisotopic (exact) mass is 270 g/mol. The lowest BCUT2D eigenvalue weighted by Crippen LogP contribution is -2.06. The van der Waals surface area contributed by atoms with E-state index in [1.165, 1.54) is 64.2 Å². The molecule has 19 heavy (non-hydrogen) atoms. The van der Waals surface area contributed by atoms with Gasteiger partial charge in [0.25, 0.3) is 0 Å². The molecule has 0 spiro atoms. The number of carboxylic acids is 1. The van der Waals surface area contributed by atoms with Crippen molar-refractivity contribution in [1.29, 1.82) is 0 Å². The van der Waals surface area contributed by atoms with Crippen LogP contribution in [0.3, 0.4) is 0 Å². The first-order chi connectivity index (χ1) is 9.20. The second-order valence-corrected chi connectivity index (χ2v) is 5.84. The van der Waals surface area contributed by atoms with Crippen LogP contribution in [0.2, 0.25) is 0 Å². The summed E-state index contributed by atoms with van der Waals surface area (Å²) in [5.74, 6) is -0.245. The zero-order valence-corrected chi connectivity index (χ0v) is 13.1. The van der Waals surface area contributed by atoms with E-state index >= 15 is 0 Å². The standard InChI is InChI=1S/C17H34O2/c1-3-5-6-7-8-9-10-11-12-13-14-16(4-2)15-17(18)19/h16H,3-15H2,1-2H3,(H,18,19). The highest BCUT2D eigenvalue weighted by atomic mass is 16.4. The Morgan fingerprint density at radius 1 is 0.842 bits per heavy atom. The van der Waals surface area contributed by atoms with Crippen LogP contribution in [0.25, 0.3) is 0 Å². The van der Waals surface area contributed by atoms with Crippen LogP contribution in [0.1, 0.15) is 97.3 Å². The summed E-state index contributed by atoms with van der Waals surface area (Å²) >= 11 is 0. The van der Waals surface area contributed by atoms with E-state index in [0.717, 1.165) is 12.8 Å². The van der Waals surface area contributed by atoms with Gasteiger partial charge in [-0.3, -0.25) is 4.79 Å². The number of rotatable bonds is 14. The van der Waals surface area contributed by atoms with Crippen molar-refractivity contribution in [2.45, 2.75) is 97.3 Å². The second kappa shape index (κ2) is 13.9. The normalized spacial score (nSPS) is 12.5. The molecule has 0 bridgehead atoms. The summed E-state index contributed by atoms with van der Waals surface area (Å²) in [5.41, 5.74) is 0. The van der Waals surface area contributed by atoms with Crippen LogP contribution in [-0.4, -0.2) is 11.1 Å². The lowest BCUT2D eigenvalue weighted by molar-refractivity contribution is -0.138. The van der Waals surface area contributed by atoms with Crippen molar-refractivity contribution in [1.82, 2.24) is 0 Å². The molecule has 0 fully saturated rings. The highest BCUT2D eigenvalue weighted by molar-refractivity contribution is 5.66. The fourth-order valence-electron chi connectivity index (χ4n) is 2.62. The largest absolute Gasteiger partial charge is 0.481 e. The van der Waals surface area contributed by atoms with E-state index in [-0.39, 0.29) is 0 Å². The first-order valence-corrected chi connectivity index (χ1v) is 8.42. The van der Waals surface area contributed by atoms with E-state index in [4.69, 9.17) is 5.11 Å². The third-order valence-electron chi connectivity index (χ3n) is 4.01. The van der Waals surface area contributed by atoms with Crippen LogP contribution in [-0.2, 0) is 4.79 Å². The minimum Gasteiger partial charge on any atom is -0.481 e. The van der Waals surface area contributed by atoms with Gasteiger partial charge >= 0.3 is 5.97 Å². The van der Waals surface area contributed by atoms with Gasteiger partial charge in [0.05, 0.1) is 0 Å². The minimum absolute atomic E-state index is 0.355. The van der Waals surface area contributed by atoms with Gasteiger partial charge in [0.15, 0.2) is 0 Å². The zero-order valence-electron chi connectivity index (χ0n) is 13.1. The molecule has 0 aliphatic rings. The maximum atomic E-state index is 10.7. The van der Waals surface area contributed by atoms with Crippen LogP contribution >= 0.6 is 0 Å². The van der Waals surface area contributed by atoms with Crippen molar-refractivity contribution in [3.63, 3.8) is 0 Å². The number of hydrogen-bond acceptors (Lipinski definition) is 1. The Hall–Kier alpha value is -0.530. The van der Waals surface area contributed by atoms with Crippen LogP contribution in [0.4, 0.5) is 0 Å². The smallest absolute Gasteiger partial charge is 0.303 e. The van der Waals surface area contributed by atoms with Gasteiger partial charge in [-0.15, -0.1) is 0 Å². The van der Waals surface area contributed by atoms with E-state index in [2.05, 4.69) is 13.8 Å². The molecule has 0 saturated carbocycles. The van der Waals surface area contributed by atoms with E-state index < -0.39 is 5.97 Å². The van der Waals surface area contributed by atoms with Gasteiger partial charge in [0.1, 0.15) is 0 Å². The fraction of sp³-hybridized carbons (Fsp3) is 0.941. The summed E-state index contributed by atoms with van der Waals surface area (Å²) in [4.78, 5) is 10.7. The summed E-state index contributed by atoms with van der Waals surface area (Å²) in [5, 5.41) is 8.78. The molecule has 1 atom stereocenters. The molecule has 0 amide bonds. The van der Waals surface area contributed by atoms with Gasteiger partial charge in [-0.1, -0.05) is 84.5 Å². The maximum absolute atomic E-state index is 10.7. The number of carboxylic acid groups (broad SMARTS) is 1. The number of aliphatic carboxylic acids is 1. The molecule has 0 aliphatic heterocycles. The Kier molecular flexibility index (Phi) is 13.5. The van der Waals surface area contributed by atoms with Crippen molar-refractivity contribution in [2.75, 3.05) is 0 Å². The topological polar surface area (TPSA) is 37.3 Å². The molecule has 114 valence electrons. The molecule has 1 unspecified atom stereocenters. The molecule has 0 heterocycles. The molecule has 2 heteroatoms. The molecule has 0 aliphatic carbocycles. The van der Waals surface area contributed by atoms with Gasteiger partial charge < -0.3 is 5.11 Å². The SMILES string of the molecule is CCCCCCCCCCCCC(CC)CC(=O)O. The number of hydrogen-bond donors (Lipinski definition) is 1. The molecule has 0 rings (SSSR count). The van der Waals surface area contributed by atoms with Crippen LogP contribution in [0.5, 0.6) is 0 Å². The Bertz CT molecular complexity index is 201. The summed E-state index contributed by atoms with van der Waals surface area (Å²) in [7, 11) is 0. The van der Waals surface area contributed by atoms with Crippen molar-refractivity contribution in [2.24, 2.45) is 5.92 Å². The highest BCUT2D eigenvalue weighted by Crippen LogP contribution is 2.18. The van der Waals surface area contributed by atoms with E-state index in [9.17, 15) is 4.79 Å². The van der Waals surface area contributed by atoms with Crippen LogP contribution in [0, 0.1) is 5.92 Å². The van der Waals surface area contributed by atoms with Crippen molar-refractivity contribution in [3.05, 3.63) is 0 Å². The van der Waals surface area contributed by atoms with Crippen molar-refractivity contribution in [3.8, 4) is 0 Å². The number of carbonyl (C=O) groups is 1. The Morgan fingerprint density at radius 2 is 1.32 bits per heavy atom. The molecule has 2 nitrogen and oxygen atoms in total. The summed E-state index contributed by atoms with van der Waals surface area (Å²) in [6.07, 6.45) is 16.0. The van der Waals surface area contributed by atoms with Gasteiger partial charge in [-0.25, -0.2) is 0 Å². The minimum atomic E-state index is -0.640. The lowest BCUT2D eigenvalue weighted by atomic mass is 9.95. The van der Waals surface area contributed by atoms with Crippen molar-refractivity contribution >= 4 is 5.97 Å². The predicted molar refractivity (Wildman–Crippen MR) is 82.5 cm³/mol. The summed E-state index contributed by atoms with van der Waals surface area (Å²) in [6.45, 7) is 4.36. The third-order valence-corrected chi connectivity index (χ3v) is 4.01. The molecular formula is C17H34O2. The van der Waals surface area contributed by atoms with Gasteiger partial charge in [0.2, 0.25) is 0 Å². The molecule has 0 aromatic rings. The molecule has 0 aromatic heterocycles. The summed E-state index contributed by atoms with van der Waals surface area (Å²) in [6, 6.07) is 0. The lowest BCUT2D eigenvalue weighted by Gasteiger charge is -2.11. The first kappa shape index (κ1) is 18.5. The molecular weight excluding hydrogens is 236 g/mol. The van der Waals surface area contributed by atoms with E-state index in [1.54, 1.807) is 0 Å². The van der Waals surface area contributed by atoms with Gasteiger partial charge in [-0.2, -0.15) is 0 Å². The molecule has 0 aromatic carbocycles. The van der Waals surface area contributed by atoms with Gasteiger partial charge in [0, 0.05) is 6.42 Å². The van der Waals surface area contributed by atoms with E-state index in [1.807, 2.05) is 0 Å². The Balaban J connectivity index is 3.23. The molecule has 0 radical (unpaired) electrons.